The molecule has 2 rings (SSSR count). The Bertz CT molecular complexity index is 513. The number of carboxylic acids is 1. The number of carboxylic acid groups (broad SMARTS) is 1. The Morgan fingerprint density at radius 1 is 1.58 bits per heavy atom. The molecular formula is C12H14N2O5. The second-order valence-corrected chi connectivity index (χ2v) is 4.34. The second kappa shape index (κ2) is 5.13. The van der Waals surface area contributed by atoms with Crippen LogP contribution in [0, 0.1) is 10.1 Å². The Labute approximate surface area is 109 Å². The molecule has 19 heavy (non-hydrogen) atoms. The molecule has 0 amide bonds. The van der Waals surface area contributed by atoms with Gasteiger partial charge in [0, 0.05) is 6.04 Å². The molecule has 0 unspecified atom stereocenters. The number of benzene rings is 1. The fraction of sp³-hybridized carbons (Fsp3) is 0.417. The van der Waals surface area contributed by atoms with Crippen molar-refractivity contribution in [1.82, 2.24) is 0 Å². The summed E-state index contributed by atoms with van der Waals surface area (Å²) in [5.74, 6) is -0.873. The Morgan fingerprint density at radius 2 is 2.26 bits per heavy atom. The first-order valence-electron chi connectivity index (χ1n) is 5.84. The van der Waals surface area contributed by atoms with E-state index in [0.717, 1.165) is 12.8 Å². The van der Waals surface area contributed by atoms with Gasteiger partial charge in [-0.3, -0.25) is 14.9 Å². The highest BCUT2D eigenvalue weighted by atomic mass is 16.6. The van der Waals surface area contributed by atoms with E-state index in [0.29, 0.717) is 5.69 Å². The van der Waals surface area contributed by atoms with Crippen LogP contribution in [0.5, 0.6) is 5.75 Å². The predicted molar refractivity (Wildman–Crippen MR) is 67.7 cm³/mol. The summed E-state index contributed by atoms with van der Waals surface area (Å²) in [5, 5.41) is 20.1. The molecule has 0 atom stereocenters. The van der Waals surface area contributed by atoms with Crippen molar-refractivity contribution in [3.05, 3.63) is 28.3 Å². The lowest BCUT2D eigenvalue weighted by Gasteiger charge is -2.22. The zero-order valence-electron chi connectivity index (χ0n) is 10.4. The van der Waals surface area contributed by atoms with Gasteiger partial charge in [-0.2, -0.15) is 0 Å². The zero-order valence-corrected chi connectivity index (χ0v) is 10.4. The van der Waals surface area contributed by atoms with Gasteiger partial charge in [0.05, 0.1) is 12.0 Å². The summed E-state index contributed by atoms with van der Waals surface area (Å²) in [5.41, 5.74) is 0.118. The van der Waals surface area contributed by atoms with Crippen molar-refractivity contribution >= 4 is 17.3 Å². The summed E-state index contributed by atoms with van der Waals surface area (Å²) in [6.07, 6.45) is 1.70. The highest BCUT2D eigenvalue weighted by Crippen LogP contribution is 2.41. The van der Waals surface area contributed by atoms with Gasteiger partial charge in [-0.25, -0.2) is 0 Å². The topological polar surface area (TPSA) is 92.9 Å². The zero-order chi connectivity index (χ0) is 14.0. The van der Waals surface area contributed by atoms with Crippen LogP contribution < -0.4 is 9.64 Å². The molecule has 0 radical (unpaired) electrons. The molecule has 0 spiro atoms. The van der Waals surface area contributed by atoms with Crippen LogP contribution in [0.25, 0.3) is 0 Å². The number of carbonyl (C=O) groups is 1. The predicted octanol–water partition coefficient (Wildman–Crippen LogP) is 1.66. The van der Waals surface area contributed by atoms with Crippen molar-refractivity contribution in [2.24, 2.45) is 0 Å². The maximum absolute atomic E-state index is 11.2. The van der Waals surface area contributed by atoms with Gasteiger partial charge < -0.3 is 14.7 Å². The third-order valence-electron chi connectivity index (χ3n) is 2.98. The number of nitro benzene ring substituents is 1. The molecule has 7 nitrogen and oxygen atoms in total. The third-order valence-corrected chi connectivity index (χ3v) is 2.98. The average molecular weight is 266 g/mol. The largest absolute Gasteiger partial charge is 0.490 e. The van der Waals surface area contributed by atoms with Gasteiger partial charge >= 0.3 is 11.7 Å². The molecule has 1 aliphatic carbocycles. The van der Waals surface area contributed by atoms with Crippen molar-refractivity contribution < 1.29 is 19.6 Å². The summed E-state index contributed by atoms with van der Waals surface area (Å²) >= 11 is 0. The van der Waals surface area contributed by atoms with E-state index in [9.17, 15) is 14.9 Å². The number of hydrogen-bond donors (Lipinski definition) is 1. The fourth-order valence-corrected chi connectivity index (χ4v) is 2.03. The molecule has 1 aromatic carbocycles. The molecule has 7 heteroatoms. The highest BCUT2D eigenvalue weighted by molar-refractivity contribution is 5.78. The monoisotopic (exact) mass is 266 g/mol. The number of para-hydroxylation sites is 1. The first-order chi connectivity index (χ1) is 9.04. The molecule has 1 N–H and O–H groups in total. The van der Waals surface area contributed by atoms with Crippen molar-refractivity contribution in [2.75, 3.05) is 18.6 Å². The normalized spacial score (nSPS) is 13.9. The lowest BCUT2D eigenvalue weighted by Crippen LogP contribution is -2.32. The van der Waals surface area contributed by atoms with E-state index in [1.54, 1.807) is 17.0 Å². The molecule has 1 aliphatic rings. The summed E-state index contributed by atoms with van der Waals surface area (Å²) < 4.78 is 4.99. The van der Waals surface area contributed by atoms with Gasteiger partial charge in [-0.05, 0) is 25.0 Å². The summed E-state index contributed by atoms with van der Waals surface area (Å²) in [6.45, 7) is -0.251. The lowest BCUT2D eigenvalue weighted by atomic mass is 10.2. The first-order valence-corrected chi connectivity index (χ1v) is 5.84. The Morgan fingerprint density at radius 3 is 2.74 bits per heavy atom. The molecule has 0 heterocycles. The molecule has 0 aromatic heterocycles. The molecule has 102 valence electrons. The van der Waals surface area contributed by atoms with E-state index in [2.05, 4.69) is 0 Å². The van der Waals surface area contributed by atoms with Crippen LogP contribution in [0.2, 0.25) is 0 Å². The molecular weight excluding hydrogens is 252 g/mol. The Kier molecular flexibility index (Phi) is 3.55. The SMILES string of the molecule is COc1cccc(N(CC(=O)O)C2CC2)c1[N+](=O)[O-]. The minimum absolute atomic E-state index is 0.0573. The second-order valence-electron chi connectivity index (χ2n) is 4.34. The van der Waals surface area contributed by atoms with Crippen molar-refractivity contribution in [3.63, 3.8) is 0 Å². The smallest absolute Gasteiger partial charge is 0.333 e. The molecule has 0 aliphatic heterocycles. The number of methoxy groups -OCH3 is 1. The van der Waals surface area contributed by atoms with E-state index in [4.69, 9.17) is 9.84 Å². The van der Waals surface area contributed by atoms with Crippen LogP contribution >= 0.6 is 0 Å². The first kappa shape index (κ1) is 13.1. The molecule has 1 aromatic rings. The molecule has 0 bridgehead atoms. The Balaban J connectivity index is 2.46. The van der Waals surface area contributed by atoms with Gasteiger partial charge in [0.1, 0.15) is 12.2 Å². The lowest BCUT2D eigenvalue weighted by molar-refractivity contribution is -0.385. The van der Waals surface area contributed by atoms with Gasteiger partial charge in [-0.1, -0.05) is 6.07 Å². The third kappa shape index (κ3) is 2.75. The van der Waals surface area contributed by atoms with Crippen LogP contribution in [-0.2, 0) is 4.79 Å². The summed E-state index contributed by atoms with van der Waals surface area (Å²) in [6, 6.07) is 4.73. The molecule has 1 fully saturated rings. The van der Waals surface area contributed by atoms with Crippen LogP contribution in [-0.4, -0.2) is 35.7 Å². The molecule has 0 saturated heterocycles. The number of hydrogen-bond acceptors (Lipinski definition) is 5. The number of aliphatic carboxylic acids is 1. The van der Waals surface area contributed by atoms with E-state index in [1.807, 2.05) is 0 Å². The van der Waals surface area contributed by atoms with Crippen LogP contribution in [0.15, 0.2) is 18.2 Å². The van der Waals surface area contributed by atoms with Gasteiger partial charge in [-0.15, -0.1) is 0 Å². The van der Waals surface area contributed by atoms with Crippen molar-refractivity contribution in [3.8, 4) is 5.75 Å². The Hall–Kier alpha value is -2.31. The quantitative estimate of drug-likeness (QED) is 0.621. The maximum atomic E-state index is 11.2. The van der Waals surface area contributed by atoms with Crippen molar-refractivity contribution in [1.29, 1.82) is 0 Å². The van der Waals surface area contributed by atoms with Gasteiger partial charge in [0.15, 0.2) is 5.75 Å². The van der Waals surface area contributed by atoms with Gasteiger partial charge in [0.25, 0.3) is 0 Å². The number of anilines is 1. The van der Waals surface area contributed by atoms with E-state index in [-0.39, 0.29) is 24.0 Å². The number of nitro groups is 1. The van der Waals surface area contributed by atoms with Crippen LogP contribution in [0.1, 0.15) is 12.8 Å². The maximum Gasteiger partial charge on any atom is 0.333 e. The van der Waals surface area contributed by atoms with E-state index >= 15 is 0 Å². The average Bonchev–Trinajstić information content (AvgIpc) is 3.18. The van der Waals surface area contributed by atoms with Gasteiger partial charge in [0.2, 0.25) is 0 Å². The minimum Gasteiger partial charge on any atom is -0.490 e. The van der Waals surface area contributed by atoms with Crippen LogP contribution in [0.4, 0.5) is 11.4 Å². The number of nitrogens with zero attached hydrogens (tertiary/aromatic N) is 2. The van der Waals surface area contributed by atoms with E-state index < -0.39 is 10.9 Å². The summed E-state index contributed by atoms with van der Waals surface area (Å²) in [7, 11) is 1.35. The standard InChI is InChI=1S/C12H14N2O5/c1-19-10-4-2-3-9(12(10)14(17)18)13(7-11(15)16)8-5-6-8/h2-4,8H,5-7H2,1H3,(H,15,16). The number of ether oxygens (including phenoxy) is 1. The number of rotatable bonds is 6. The minimum atomic E-state index is -1.01. The summed E-state index contributed by atoms with van der Waals surface area (Å²) in [4.78, 5) is 23.1. The highest BCUT2D eigenvalue weighted by Gasteiger charge is 2.35. The van der Waals surface area contributed by atoms with Crippen molar-refractivity contribution in [2.45, 2.75) is 18.9 Å². The molecule has 1 saturated carbocycles. The fourth-order valence-electron chi connectivity index (χ4n) is 2.03. The van der Waals surface area contributed by atoms with Crippen LogP contribution in [0.3, 0.4) is 0 Å². The van der Waals surface area contributed by atoms with E-state index in [1.165, 1.54) is 13.2 Å².